The van der Waals surface area contributed by atoms with Crippen molar-refractivity contribution in [3.05, 3.63) is 53.8 Å². The highest BCUT2D eigenvalue weighted by atomic mass is 32.2. The number of ether oxygens (including phenoxy) is 1. The molecule has 2 bridgehead atoms. The number of anilines is 1. The van der Waals surface area contributed by atoms with Crippen LogP contribution in [0.4, 0.5) is 14.9 Å². The molecular weight excluding hydrogens is 547 g/mol. The van der Waals surface area contributed by atoms with Crippen LogP contribution in [0.15, 0.2) is 42.5 Å². The monoisotopic (exact) mass is 582 g/mol. The molecule has 2 N–H and O–H groups in total. The van der Waals surface area contributed by atoms with E-state index in [9.17, 15) is 23.3 Å². The topological polar surface area (TPSA) is 129 Å². The van der Waals surface area contributed by atoms with Crippen LogP contribution < -0.4 is 10.0 Å². The van der Waals surface area contributed by atoms with Gasteiger partial charge in [-0.05, 0) is 85.8 Å². The van der Waals surface area contributed by atoms with Crippen LogP contribution >= 0.6 is 0 Å². The van der Waals surface area contributed by atoms with Crippen LogP contribution in [0.1, 0.15) is 39.7 Å². The van der Waals surface area contributed by atoms with Crippen molar-refractivity contribution in [1.82, 2.24) is 10.2 Å². The number of sulfonamides is 1. The average molecular weight is 583 g/mol. The van der Waals surface area contributed by atoms with E-state index >= 15 is 4.39 Å². The van der Waals surface area contributed by atoms with Gasteiger partial charge in [-0.25, -0.2) is 17.6 Å². The maximum atomic E-state index is 15.2. The number of halogens is 1. The zero-order valence-electron chi connectivity index (χ0n) is 23.7. The van der Waals surface area contributed by atoms with Gasteiger partial charge in [-0.1, -0.05) is 31.2 Å². The Morgan fingerprint density at radius 3 is 2.51 bits per heavy atom. The molecule has 1 aliphatic heterocycles. The molecule has 0 spiro atoms. The number of carbonyl (C=O) groups excluding carboxylic acids is 2. The Hall–Kier alpha value is -3.65. The second kappa shape index (κ2) is 10.3. The Morgan fingerprint density at radius 2 is 1.88 bits per heavy atom. The van der Waals surface area contributed by atoms with Crippen molar-refractivity contribution in [2.45, 2.75) is 64.3 Å². The van der Waals surface area contributed by atoms with E-state index in [0.717, 1.165) is 12.7 Å². The number of benzene rings is 2. The lowest BCUT2D eigenvalue weighted by molar-refractivity contribution is -0.128. The summed E-state index contributed by atoms with van der Waals surface area (Å²) in [6.45, 7) is 7.49. The molecule has 2 aliphatic carbocycles. The highest BCUT2D eigenvalue weighted by Crippen LogP contribution is 2.67. The normalized spacial score (nSPS) is 27.0. The smallest absolute Gasteiger partial charge is 0.411 e. The molecule has 9 nitrogen and oxygen atoms in total. The predicted octanol–water partition coefficient (Wildman–Crippen LogP) is 4.30. The number of amides is 2. The molecule has 2 saturated carbocycles. The van der Waals surface area contributed by atoms with Crippen LogP contribution in [0.3, 0.4) is 0 Å². The summed E-state index contributed by atoms with van der Waals surface area (Å²) in [5.41, 5.74) is 1.04. The molecule has 0 aromatic heterocycles. The Bertz CT molecular complexity index is 1530. The average Bonchev–Trinajstić information content (AvgIpc) is 3.21. The van der Waals surface area contributed by atoms with Crippen molar-refractivity contribution in [3.63, 3.8) is 0 Å². The second-order valence-corrected chi connectivity index (χ2v) is 14.2. The molecule has 1 saturated heterocycles. The van der Waals surface area contributed by atoms with E-state index < -0.39 is 45.5 Å². The molecule has 5 rings (SSSR count). The van der Waals surface area contributed by atoms with Crippen LogP contribution in [-0.2, 0) is 26.0 Å². The summed E-state index contributed by atoms with van der Waals surface area (Å²) in [5.74, 6) is 0.229. The van der Waals surface area contributed by atoms with Gasteiger partial charge in [-0.3, -0.25) is 14.4 Å². The van der Waals surface area contributed by atoms with Crippen LogP contribution in [-0.4, -0.2) is 55.3 Å². The number of likely N-dealkylation sites (tertiary alicyclic amines) is 1. The minimum Gasteiger partial charge on any atom is -0.444 e. The number of nitrogens with one attached hydrogen (secondary N) is 2. The Balaban J connectivity index is 1.30. The minimum absolute atomic E-state index is 0.0100. The highest BCUT2D eigenvalue weighted by molar-refractivity contribution is 7.92. The van der Waals surface area contributed by atoms with Gasteiger partial charge in [0.2, 0.25) is 15.9 Å². The lowest BCUT2D eigenvalue weighted by Crippen LogP contribution is -2.56. The molecule has 7 atom stereocenters. The summed E-state index contributed by atoms with van der Waals surface area (Å²) in [7, 11) is -3.46. The maximum absolute atomic E-state index is 15.2. The number of hydrogen-bond donors (Lipinski definition) is 2. The summed E-state index contributed by atoms with van der Waals surface area (Å²) in [4.78, 5) is 28.3. The Kier molecular flexibility index (Phi) is 7.26. The fourth-order valence-electron chi connectivity index (χ4n) is 6.81. The van der Waals surface area contributed by atoms with Gasteiger partial charge < -0.3 is 10.1 Å². The first-order valence-corrected chi connectivity index (χ1v) is 15.6. The molecule has 3 aliphatic rings. The molecule has 2 amide bonds. The van der Waals surface area contributed by atoms with Gasteiger partial charge in [0, 0.05) is 18.2 Å². The van der Waals surface area contributed by atoms with Gasteiger partial charge in [0.05, 0.1) is 12.3 Å². The van der Waals surface area contributed by atoms with E-state index in [-0.39, 0.29) is 23.9 Å². The van der Waals surface area contributed by atoms with Gasteiger partial charge in [0.25, 0.3) is 0 Å². The lowest BCUT2D eigenvalue weighted by Gasteiger charge is -2.35. The Labute approximate surface area is 240 Å². The predicted molar refractivity (Wildman–Crippen MR) is 151 cm³/mol. The van der Waals surface area contributed by atoms with E-state index in [1.54, 1.807) is 62.1 Å². The van der Waals surface area contributed by atoms with E-state index in [4.69, 9.17) is 4.74 Å². The first-order chi connectivity index (χ1) is 19.2. The molecule has 11 heteroatoms. The fourth-order valence-corrected chi connectivity index (χ4v) is 7.37. The van der Waals surface area contributed by atoms with Crippen LogP contribution in [0, 0.1) is 40.8 Å². The SMILES string of the molecule is CC1C2C3CC(C12)N(C(=O)OC(C)(C)C)C3C(=O)NC(C#N)Cc1ccc(-c2cccc(NS(C)(=O)=O)c2)cc1F. The lowest BCUT2D eigenvalue weighted by atomic mass is 9.94. The Morgan fingerprint density at radius 1 is 1.17 bits per heavy atom. The number of rotatable bonds is 7. The molecule has 41 heavy (non-hydrogen) atoms. The third-order valence-electron chi connectivity index (χ3n) is 8.35. The number of piperidine rings is 1. The molecule has 2 aromatic rings. The van der Waals surface area contributed by atoms with Gasteiger partial charge in [0.1, 0.15) is 23.5 Å². The first kappa shape index (κ1) is 28.9. The largest absolute Gasteiger partial charge is 0.444 e. The summed E-state index contributed by atoms with van der Waals surface area (Å²) >= 11 is 0. The van der Waals surface area contributed by atoms with Crippen LogP contribution in [0.5, 0.6) is 0 Å². The molecule has 218 valence electrons. The number of fused-ring (bicyclic) bond motifs is 5. The van der Waals surface area contributed by atoms with E-state index in [0.29, 0.717) is 34.6 Å². The first-order valence-electron chi connectivity index (χ1n) is 13.7. The van der Waals surface area contributed by atoms with Crippen LogP contribution in [0.2, 0.25) is 0 Å². The molecule has 1 heterocycles. The number of carbonyl (C=O) groups is 2. The third-order valence-corrected chi connectivity index (χ3v) is 8.96. The molecule has 3 fully saturated rings. The molecule has 7 unspecified atom stereocenters. The van der Waals surface area contributed by atoms with Crippen molar-refractivity contribution in [2.24, 2.45) is 23.7 Å². The van der Waals surface area contributed by atoms with Crippen molar-refractivity contribution < 1.29 is 27.1 Å². The summed E-state index contributed by atoms with van der Waals surface area (Å²) in [5, 5.41) is 12.6. The standard InChI is InChI=1S/C30H35FN4O5S/c1-16-25-22-14-24(26(16)25)35(29(37)40-30(2,3)4)27(22)28(36)33-21(15-32)12-19-10-9-18(13-23(19)31)17-7-6-8-20(11-17)34-41(5,38)39/h6-11,13,16,21-22,24-27,34H,12,14H2,1-5H3,(H,33,36). The fraction of sp³-hybridized carbons (Fsp3) is 0.500. The zero-order chi connectivity index (χ0) is 29.9. The van der Waals surface area contributed by atoms with Crippen molar-refractivity contribution in [2.75, 3.05) is 11.0 Å². The van der Waals surface area contributed by atoms with E-state index in [1.807, 2.05) is 0 Å². The minimum atomic E-state index is -3.46. The van der Waals surface area contributed by atoms with Gasteiger partial charge in [0.15, 0.2) is 0 Å². The summed E-state index contributed by atoms with van der Waals surface area (Å²) in [6.07, 6.45) is 1.22. The zero-order valence-corrected chi connectivity index (χ0v) is 24.5. The molecular formula is C30H35FN4O5S. The molecule has 0 radical (unpaired) electrons. The van der Waals surface area contributed by atoms with E-state index in [1.165, 1.54) is 6.07 Å². The maximum Gasteiger partial charge on any atom is 0.411 e. The van der Waals surface area contributed by atoms with Crippen molar-refractivity contribution >= 4 is 27.7 Å². The van der Waals surface area contributed by atoms with Gasteiger partial charge in [-0.2, -0.15) is 5.26 Å². The number of nitrogens with zero attached hydrogens (tertiary/aromatic N) is 2. The second-order valence-electron chi connectivity index (χ2n) is 12.5. The van der Waals surface area contributed by atoms with Crippen molar-refractivity contribution in [1.29, 1.82) is 5.26 Å². The number of hydrogen-bond acceptors (Lipinski definition) is 6. The summed E-state index contributed by atoms with van der Waals surface area (Å²) in [6, 6.07) is 11.4. The van der Waals surface area contributed by atoms with Gasteiger partial charge >= 0.3 is 6.09 Å². The summed E-state index contributed by atoms with van der Waals surface area (Å²) < 4.78 is 46.3. The number of nitriles is 1. The molecule has 2 aromatic carbocycles. The van der Waals surface area contributed by atoms with E-state index in [2.05, 4.69) is 23.0 Å². The van der Waals surface area contributed by atoms with Gasteiger partial charge in [-0.15, -0.1) is 0 Å². The third kappa shape index (κ3) is 5.89. The quantitative estimate of drug-likeness (QED) is 0.501. The van der Waals surface area contributed by atoms with Crippen LogP contribution in [0.25, 0.3) is 11.1 Å². The van der Waals surface area contributed by atoms with Crippen molar-refractivity contribution in [3.8, 4) is 17.2 Å². The highest BCUT2D eigenvalue weighted by Gasteiger charge is 2.71.